The molecule has 0 saturated carbocycles. The standard InChI is InChI=1S/C19H22N4O2/c1-12-7-13(2)10-23(9-12)11-17(24)15(8-20)18-21-16-6-4-3-5-14(16)19(25)22-18/h3-6,12-13,24H,7,9-11H2,1-2H3,(H,21,22,25). The number of aromatic amines is 1. The molecule has 1 aliphatic rings. The van der Waals surface area contributed by atoms with Gasteiger partial charge in [0.2, 0.25) is 0 Å². The van der Waals surface area contributed by atoms with Gasteiger partial charge in [0.15, 0.2) is 5.82 Å². The molecule has 25 heavy (non-hydrogen) atoms. The summed E-state index contributed by atoms with van der Waals surface area (Å²) in [6.07, 6.45) is 1.17. The smallest absolute Gasteiger partial charge is 0.259 e. The van der Waals surface area contributed by atoms with E-state index in [0.29, 0.717) is 22.7 Å². The van der Waals surface area contributed by atoms with Crippen molar-refractivity contribution >= 4 is 16.5 Å². The monoisotopic (exact) mass is 338 g/mol. The van der Waals surface area contributed by atoms with E-state index in [1.54, 1.807) is 24.3 Å². The molecule has 2 N–H and O–H groups in total. The van der Waals surface area contributed by atoms with Crippen LogP contribution in [0.15, 0.2) is 34.8 Å². The largest absolute Gasteiger partial charge is 0.509 e. The molecule has 6 nitrogen and oxygen atoms in total. The lowest BCUT2D eigenvalue weighted by atomic mass is 9.92. The molecule has 0 bridgehead atoms. The Morgan fingerprint density at radius 1 is 1.36 bits per heavy atom. The molecule has 0 aliphatic carbocycles. The number of benzene rings is 1. The lowest BCUT2D eigenvalue weighted by molar-refractivity contribution is 0.138. The molecule has 0 amide bonds. The molecular weight excluding hydrogens is 316 g/mol. The first-order valence-electron chi connectivity index (χ1n) is 8.52. The summed E-state index contributed by atoms with van der Waals surface area (Å²) in [6.45, 7) is 6.44. The zero-order valence-electron chi connectivity index (χ0n) is 14.5. The third kappa shape index (κ3) is 3.72. The molecule has 6 heteroatoms. The van der Waals surface area contributed by atoms with Crippen LogP contribution in [0.25, 0.3) is 16.5 Å². The van der Waals surface area contributed by atoms with Crippen molar-refractivity contribution in [2.24, 2.45) is 11.8 Å². The maximum atomic E-state index is 12.2. The minimum absolute atomic E-state index is 0.0220. The number of aromatic nitrogens is 2. The molecule has 130 valence electrons. The molecule has 2 unspecified atom stereocenters. The number of nitriles is 1. The van der Waals surface area contributed by atoms with Gasteiger partial charge >= 0.3 is 0 Å². The van der Waals surface area contributed by atoms with Gasteiger partial charge in [0.25, 0.3) is 5.56 Å². The second-order valence-electron chi connectivity index (χ2n) is 7.01. The van der Waals surface area contributed by atoms with E-state index < -0.39 is 0 Å². The van der Waals surface area contributed by atoms with Crippen molar-refractivity contribution in [2.75, 3.05) is 19.6 Å². The Morgan fingerprint density at radius 2 is 2.04 bits per heavy atom. The van der Waals surface area contributed by atoms with Crippen molar-refractivity contribution in [1.29, 1.82) is 5.26 Å². The molecular formula is C19H22N4O2. The van der Waals surface area contributed by atoms with Gasteiger partial charge < -0.3 is 10.1 Å². The Labute approximate surface area is 146 Å². The number of allylic oxidation sites excluding steroid dienone is 1. The summed E-state index contributed by atoms with van der Waals surface area (Å²) in [7, 11) is 0. The van der Waals surface area contributed by atoms with Crippen molar-refractivity contribution in [2.45, 2.75) is 20.3 Å². The van der Waals surface area contributed by atoms with Gasteiger partial charge in [-0.2, -0.15) is 5.26 Å². The molecule has 1 aromatic carbocycles. The van der Waals surface area contributed by atoms with Crippen molar-refractivity contribution in [3.63, 3.8) is 0 Å². The number of hydrogen-bond donors (Lipinski definition) is 2. The fourth-order valence-electron chi connectivity index (χ4n) is 3.67. The molecule has 0 radical (unpaired) electrons. The molecule has 1 saturated heterocycles. The number of nitrogens with zero attached hydrogens (tertiary/aromatic N) is 3. The Morgan fingerprint density at radius 3 is 2.72 bits per heavy atom. The van der Waals surface area contributed by atoms with Crippen LogP contribution in [-0.4, -0.2) is 39.6 Å². The molecule has 2 heterocycles. The van der Waals surface area contributed by atoms with Crippen molar-refractivity contribution < 1.29 is 5.11 Å². The van der Waals surface area contributed by atoms with Crippen LogP contribution in [0.5, 0.6) is 0 Å². The zero-order chi connectivity index (χ0) is 18.0. The number of likely N-dealkylation sites (tertiary alicyclic amines) is 1. The maximum Gasteiger partial charge on any atom is 0.259 e. The summed E-state index contributed by atoms with van der Waals surface area (Å²) in [5, 5.41) is 20.5. The fourth-order valence-corrected chi connectivity index (χ4v) is 3.67. The fraction of sp³-hybridized carbons (Fsp3) is 0.421. The molecule has 1 aliphatic heterocycles. The van der Waals surface area contributed by atoms with Crippen LogP contribution in [0.2, 0.25) is 0 Å². The lowest BCUT2D eigenvalue weighted by Crippen LogP contribution is -2.39. The topological polar surface area (TPSA) is 93.0 Å². The van der Waals surface area contributed by atoms with Gasteiger partial charge in [-0.25, -0.2) is 4.98 Å². The van der Waals surface area contributed by atoms with Gasteiger partial charge in [0.05, 0.1) is 17.4 Å². The minimum atomic E-state index is -0.318. The van der Waals surface area contributed by atoms with Crippen molar-refractivity contribution in [1.82, 2.24) is 14.9 Å². The van der Waals surface area contributed by atoms with Crippen LogP contribution in [0.4, 0.5) is 0 Å². The summed E-state index contributed by atoms with van der Waals surface area (Å²) < 4.78 is 0. The first-order chi connectivity index (χ1) is 12.0. The van der Waals surface area contributed by atoms with E-state index in [-0.39, 0.29) is 29.3 Å². The van der Waals surface area contributed by atoms with Crippen LogP contribution in [0.1, 0.15) is 26.1 Å². The molecule has 2 atom stereocenters. The van der Waals surface area contributed by atoms with Crippen LogP contribution < -0.4 is 5.56 Å². The number of hydrogen-bond acceptors (Lipinski definition) is 5. The third-order valence-electron chi connectivity index (χ3n) is 4.57. The Hall–Kier alpha value is -2.65. The number of piperidine rings is 1. The normalized spacial score (nSPS) is 22.4. The van der Waals surface area contributed by atoms with Gasteiger partial charge in [0.1, 0.15) is 17.4 Å². The van der Waals surface area contributed by atoms with E-state index in [2.05, 4.69) is 28.7 Å². The summed E-state index contributed by atoms with van der Waals surface area (Å²) in [5.74, 6) is 1.17. The van der Waals surface area contributed by atoms with Gasteiger partial charge in [-0.1, -0.05) is 26.0 Å². The number of nitrogens with one attached hydrogen (secondary N) is 1. The first-order valence-corrected chi connectivity index (χ1v) is 8.52. The van der Waals surface area contributed by atoms with E-state index in [1.165, 1.54) is 6.42 Å². The van der Waals surface area contributed by atoms with Crippen molar-refractivity contribution in [3.8, 4) is 6.07 Å². The predicted molar refractivity (Wildman–Crippen MR) is 96.9 cm³/mol. The SMILES string of the molecule is CC1CC(C)CN(CC(O)=C(C#N)c2nc3ccccc3c(=O)[nH]2)C1. The number of rotatable bonds is 3. The Kier molecular flexibility index (Phi) is 4.86. The number of para-hydroxylation sites is 1. The summed E-state index contributed by atoms with van der Waals surface area (Å²) in [5.41, 5.74) is 0.206. The maximum absolute atomic E-state index is 12.2. The summed E-state index contributed by atoms with van der Waals surface area (Å²) >= 11 is 0. The zero-order valence-corrected chi connectivity index (χ0v) is 14.5. The summed E-state index contributed by atoms with van der Waals surface area (Å²) in [4.78, 5) is 21.3. The van der Waals surface area contributed by atoms with E-state index in [1.807, 2.05) is 6.07 Å². The minimum Gasteiger partial charge on any atom is -0.509 e. The molecule has 1 fully saturated rings. The Balaban J connectivity index is 1.94. The second kappa shape index (κ2) is 7.08. The number of aliphatic hydroxyl groups excluding tert-OH is 1. The van der Waals surface area contributed by atoms with Crippen molar-refractivity contribution in [3.05, 3.63) is 46.2 Å². The Bertz CT molecular complexity index is 900. The van der Waals surface area contributed by atoms with Crippen LogP contribution in [-0.2, 0) is 0 Å². The highest BCUT2D eigenvalue weighted by Crippen LogP contribution is 2.23. The average Bonchev–Trinajstić information content (AvgIpc) is 2.54. The van der Waals surface area contributed by atoms with E-state index >= 15 is 0 Å². The highest BCUT2D eigenvalue weighted by Gasteiger charge is 2.23. The predicted octanol–water partition coefficient (Wildman–Crippen LogP) is 2.69. The highest BCUT2D eigenvalue weighted by molar-refractivity contribution is 5.81. The number of aliphatic hydroxyl groups is 1. The van der Waals surface area contributed by atoms with Gasteiger partial charge in [-0.05, 0) is 30.4 Å². The lowest BCUT2D eigenvalue weighted by Gasteiger charge is -2.34. The molecule has 2 aromatic rings. The molecule has 3 rings (SSSR count). The van der Waals surface area contributed by atoms with E-state index in [0.717, 1.165) is 13.1 Å². The van der Waals surface area contributed by atoms with Crippen LogP contribution in [0.3, 0.4) is 0 Å². The molecule has 0 spiro atoms. The van der Waals surface area contributed by atoms with E-state index in [4.69, 9.17) is 0 Å². The number of H-pyrrole nitrogens is 1. The van der Waals surface area contributed by atoms with Gasteiger partial charge in [0, 0.05) is 13.1 Å². The second-order valence-corrected chi connectivity index (χ2v) is 7.01. The average molecular weight is 338 g/mol. The summed E-state index contributed by atoms with van der Waals surface area (Å²) in [6, 6.07) is 8.93. The molecule has 1 aromatic heterocycles. The van der Waals surface area contributed by atoms with Crippen LogP contribution in [0, 0.1) is 23.2 Å². The van der Waals surface area contributed by atoms with E-state index in [9.17, 15) is 15.2 Å². The van der Waals surface area contributed by atoms with Crippen LogP contribution >= 0.6 is 0 Å². The van der Waals surface area contributed by atoms with Gasteiger partial charge in [-0.3, -0.25) is 9.69 Å². The number of fused-ring (bicyclic) bond motifs is 1. The third-order valence-corrected chi connectivity index (χ3v) is 4.57. The quantitative estimate of drug-likeness (QED) is 0.663. The first kappa shape index (κ1) is 17.2. The highest BCUT2D eigenvalue weighted by atomic mass is 16.3. The van der Waals surface area contributed by atoms with Gasteiger partial charge in [-0.15, -0.1) is 0 Å².